The zero-order valence-electron chi connectivity index (χ0n) is 8.66. The van der Waals surface area contributed by atoms with Crippen molar-refractivity contribution in [1.29, 1.82) is 0 Å². The molecule has 19 heavy (non-hydrogen) atoms. The molecule has 0 spiro atoms. The van der Waals surface area contributed by atoms with Gasteiger partial charge in [-0.25, -0.2) is 4.98 Å². The maximum absolute atomic E-state index is 12.4. The third-order valence-electron chi connectivity index (χ3n) is 2.02. The van der Waals surface area contributed by atoms with Gasteiger partial charge in [-0.3, -0.25) is 0 Å². The molecule has 0 aliphatic carbocycles. The molecule has 104 valence electrons. The fourth-order valence-electron chi connectivity index (χ4n) is 1.38. The molecule has 1 heterocycles. The summed E-state index contributed by atoms with van der Waals surface area (Å²) >= 11 is 2.84. The molecule has 1 N–H and O–H groups in total. The predicted octanol–water partition coefficient (Wildman–Crippen LogP) is 4.24. The van der Waals surface area contributed by atoms with Crippen molar-refractivity contribution in [2.24, 2.45) is 0 Å². The Kier molecular flexibility index (Phi) is 3.15. The number of benzene rings is 1. The van der Waals surface area contributed by atoms with Gasteiger partial charge in [0.25, 0.3) is 0 Å². The summed E-state index contributed by atoms with van der Waals surface area (Å²) in [5.41, 5.74) is -0.359. The van der Waals surface area contributed by atoms with E-state index in [4.69, 9.17) is 0 Å². The molecular weight excluding hydrogens is 346 g/mol. The number of fused-ring (bicyclic) bond motifs is 1. The number of nitrogens with zero attached hydrogens (tertiary/aromatic N) is 1. The molecule has 1 aromatic heterocycles. The second kappa shape index (κ2) is 4.29. The van der Waals surface area contributed by atoms with Gasteiger partial charge in [0.2, 0.25) is 5.82 Å². The van der Waals surface area contributed by atoms with E-state index in [9.17, 15) is 26.3 Å². The number of hydrogen-bond acceptors (Lipinski definition) is 2. The van der Waals surface area contributed by atoms with Crippen LogP contribution in [0.3, 0.4) is 0 Å². The quantitative estimate of drug-likeness (QED) is 0.782. The van der Waals surface area contributed by atoms with Crippen LogP contribution in [0.1, 0.15) is 5.82 Å². The fraction of sp³-hybridized carbons (Fsp3) is 0.222. The summed E-state index contributed by atoms with van der Waals surface area (Å²) in [5.74, 6) is -1.95. The van der Waals surface area contributed by atoms with Crippen LogP contribution in [-0.2, 0) is 6.18 Å². The van der Waals surface area contributed by atoms with E-state index < -0.39 is 24.1 Å². The van der Waals surface area contributed by atoms with Gasteiger partial charge in [-0.15, -0.1) is 13.2 Å². The molecule has 0 aliphatic heterocycles. The Morgan fingerprint density at radius 1 is 1.11 bits per heavy atom. The van der Waals surface area contributed by atoms with Crippen LogP contribution in [0.4, 0.5) is 26.3 Å². The van der Waals surface area contributed by atoms with E-state index in [1.807, 2.05) is 4.98 Å². The SMILES string of the molecule is FC(F)(F)Oc1cc(Br)c2nc(C(F)(F)F)[nH]c2c1. The highest BCUT2D eigenvalue weighted by Gasteiger charge is 2.35. The van der Waals surface area contributed by atoms with E-state index >= 15 is 0 Å². The number of halogens is 7. The molecule has 2 rings (SSSR count). The van der Waals surface area contributed by atoms with Gasteiger partial charge in [0.1, 0.15) is 11.3 Å². The average molecular weight is 349 g/mol. The van der Waals surface area contributed by atoms with E-state index in [2.05, 4.69) is 25.7 Å². The van der Waals surface area contributed by atoms with Gasteiger partial charge in [-0.1, -0.05) is 0 Å². The minimum absolute atomic E-state index is 0.0454. The van der Waals surface area contributed by atoms with Gasteiger partial charge in [-0.05, 0) is 22.0 Å². The molecule has 0 radical (unpaired) electrons. The summed E-state index contributed by atoms with van der Waals surface area (Å²) in [7, 11) is 0. The van der Waals surface area contributed by atoms with Gasteiger partial charge < -0.3 is 9.72 Å². The van der Waals surface area contributed by atoms with Crippen LogP contribution < -0.4 is 4.74 Å². The molecule has 0 unspecified atom stereocenters. The minimum atomic E-state index is -4.93. The Labute approximate surface area is 109 Å². The van der Waals surface area contributed by atoms with Crippen LogP contribution in [0.5, 0.6) is 5.75 Å². The number of alkyl halides is 6. The summed E-state index contributed by atoms with van der Waals surface area (Å²) in [6.07, 6.45) is -9.65. The lowest BCUT2D eigenvalue weighted by Crippen LogP contribution is -2.17. The molecule has 2 aromatic rings. The number of aromatic nitrogens is 2. The number of H-pyrrole nitrogens is 1. The van der Waals surface area contributed by atoms with Crippen LogP contribution in [0, 0.1) is 0 Å². The second-order valence-electron chi connectivity index (χ2n) is 3.43. The van der Waals surface area contributed by atoms with Crippen molar-refractivity contribution >= 4 is 27.0 Å². The molecular formula is C9H3BrF6N2O. The Morgan fingerprint density at radius 2 is 1.74 bits per heavy atom. The standard InChI is InChI=1S/C9H3BrF6N2O/c10-4-1-3(19-9(14,15)16)2-5-6(4)18-7(17-5)8(11,12)13/h1-2H,(H,17,18). The summed E-state index contributed by atoms with van der Waals surface area (Å²) in [6, 6.07) is 1.67. The first-order chi connectivity index (χ1) is 8.56. The van der Waals surface area contributed by atoms with Crippen molar-refractivity contribution < 1.29 is 31.1 Å². The Hall–Kier alpha value is -1.45. The molecule has 0 amide bonds. The molecule has 0 atom stereocenters. The number of nitrogens with one attached hydrogen (secondary N) is 1. The largest absolute Gasteiger partial charge is 0.573 e. The summed E-state index contributed by atoms with van der Waals surface area (Å²) in [6.45, 7) is 0. The van der Waals surface area contributed by atoms with Gasteiger partial charge in [0, 0.05) is 10.5 Å². The lowest BCUT2D eigenvalue weighted by Gasteiger charge is -2.08. The van der Waals surface area contributed by atoms with E-state index in [0.29, 0.717) is 0 Å². The maximum Gasteiger partial charge on any atom is 0.573 e. The zero-order chi connectivity index (χ0) is 14.4. The Balaban J connectivity index is 2.51. The normalized spacial score (nSPS) is 13.0. The number of rotatable bonds is 1. The zero-order valence-corrected chi connectivity index (χ0v) is 10.2. The first-order valence-electron chi connectivity index (χ1n) is 4.58. The minimum Gasteiger partial charge on any atom is -0.406 e. The van der Waals surface area contributed by atoms with E-state index in [1.165, 1.54) is 0 Å². The second-order valence-corrected chi connectivity index (χ2v) is 4.29. The van der Waals surface area contributed by atoms with Crippen molar-refractivity contribution in [3.63, 3.8) is 0 Å². The summed E-state index contributed by atoms with van der Waals surface area (Å²) in [5, 5.41) is 0. The van der Waals surface area contributed by atoms with Crippen molar-refractivity contribution in [1.82, 2.24) is 9.97 Å². The first kappa shape index (κ1) is 14.0. The van der Waals surface area contributed by atoms with Gasteiger partial charge in [0.15, 0.2) is 0 Å². The highest BCUT2D eigenvalue weighted by atomic mass is 79.9. The third kappa shape index (κ3) is 3.11. The van der Waals surface area contributed by atoms with Gasteiger partial charge in [-0.2, -0.15) is 13.2 Å². The Morgan fingerprint density at radius 3 is 2.26 bits per heavy atom. The van der Waals surface area contributed by atoms with Crippen molar-refractivity contribution in [2.45, 2.75) is 12.5 Å². The van der Waals surface area contributed by atoms with E-state index in [-0.39, 0.29) is 15.5 Å². The summed E-state index contributed by atoms with van der Waals surface area (Å²) < 4.78 is 76.9. The summed E-state index contributed by atoms with van der Waals surface area (Å²) in [4.78, 5) is 5.15. The van der Waals surface area contributed by atoms with Crippen LogP contribution in [0.25, 0.3) is 11.0 Å². The molecule has 0 fully saturated rings. The number of ether oxygens (including phenoxy) is 1. The van der Waals surface area contributed by atoms with Crippen molar-refractivity contribution in [3.8, 4) is 5.75 Å². The molecule has 0 saturated heterocycles. The first-order valence-corrected chi connectivity index (χ1v) is 5.38. The van der Waals surface area contributed by atoms with Crippen LogP contribution >= 0.6 is 15.9 Å². The van der Waals surface area contributed by atoms with Gasteiger partial charge in [0.05, 0.1) is 5.52 Å². The van der Waals surface area contributed by atoms with Gasteiger partial charge >= 0.3 is 12.5 Å². The lowest BCUT2D eigenvalue weighted by atomic mass is 10.3. The van der Waals surface area contributed by atoms with E-state index in [0.717, 1.165) is 12.1 Å². The highest BCUT2D eigenvalue weighted by molar-refractivity contribution is 9.10. The molecule has 0 bridgehead atoms. The number of aromatic amines is 1. The third-order valence-corrected chi connectivity index (χ3v) is 2.62. The predicted molar refractivity (Wildman–Crippen MR) is 55.5 cm³/mol. The average Bonchev–Trinajstić information content (AvgIpc) is 2.58. The van der Waals surface area contributed by atoms with E-state index in [1.54, 1.807) is 0 Å². The monoisotopic (exact) mass is 348 g/mol. The lowest BCUT2D eigenvalue weighted by molar-refractivity contribution is -0.274. The van der Waals surface area contributed by atoms with Crippen molar-refractivity contribution in [2.75, 3.05) is 0 Å². The highest BCUT2D eigenvalue weighted by Crippen LogP contribution is 2.34. The molecule has 0 aliphatic rings. The topological polar surface area (TPSA) is 37.9 Å². The Bertz CT molecular complexity index is 617. The number of imidazole rings is 1. The van der Waals surface area contributed by atoms with Crippen LogP contribution in [0.2, 0.25) is 0 Å². The molecule has 0 saturated carbocycles. The number of hydrogen-bond donors (Lipinski definition) is 1. The molecule has 3 nitrogen and oxygen atoms in total. The van der Waals surface area contributed by atoms with Crippen molar-refractivity contribution in [3.05, 3.63) is 22.4 Å². The smallest absolute Gasteiger partial charge is 0.406 e. The van der Waals surface area contributed by atoms with Crippen LogP contribution in [-0.4, -0.2) is 16.3 Å². The maximum atomic E-state index is 12.4. The molecule has 1 aromatic carbocycles. The molecule has 10 heteroatoms. The van der Waals surface area contributed by atoms with Crippen LogP contribution in [0.15, 0.2) is 16.6 Å². The fourth-order valence-corrected chi connectivity index (χ4v) is 1.91.